The molecule has 0 fully saturated rings. The number of nitrogens with one attached hydrogen (secondary N) is 1. The van der Waals surface area contributed by atoms with Crippen LogP contribution < -0.4 is 5.32 Å². The van der Waals surface area contributed by atoms with E-state index in [1.165, 1.54) is 0 Å². The summed E-state index contributed by atoms with van der Waals surface area (Å²) in [6, 6.07) is 8.44. The highest BCUT2D eigenvalue weighted by atomic mass is 127. The van der Waals surface area contributed by atoms with E-state index in [1.807, 2.05) is 22.6 Å². The number of nitro benzene ring substituents is 2. The number of rotatable bonds is 4. The number of anilines is 1. The molecular formula is C13H7ClIN3O5. The van der Waals surface area contributed by atoms with E-state index in [0.717, 1.165) is 9.64 Å². The zero-order valence-corrected chi connectivity index (χ0v) is 14.1. The van der Waals surface area contributed by atoms with Gasteiger partial charge in [-0.3, -0.25) is 25.0 Å². The van der Waals surface area contributed by atoms with Gasteiger partial charge in [-0.05, 0) is 34.7 Å². The minimum Gasteiger partial charge on any atom is -0.321 e. The van der Waals surface area contributed by atoms with Gasteiger partial charge in [-0.1, -0.05) is 23.7 Å². The molecular weight excluding hydrogens is 441 g/mol. The molecule has 0 aromatic heterocycles. The molecule has 0 aliphatic rings. The number of nitrogens with zero attached hydrogens (tertiary/aromatic N) is 2. The summed E-state index contributed by atoms with van der Waals surface area (Å²) in [5.41, 5.74) is -1.17. The zero-order chi connectivity index (χ0) is 17.1. The van der Waals surface area contributed by atoms with Crippen molar-refractivity contribution >= 4 is 57.2 Å². The Kier molecular flexibility index (Phi) is 5.11. The number of halogens is 2. The normalized spacial score (nSPS) is 10.2. The van der Waals surface area contributed by atoms with Crippen molar-refractivity contribution in [1.82, 2.24) is 0 Å². The van der Waals surface area contributed by atoms with Gasteiger partial charge in [-0.2, -0.15) is 0 Å². The number of hydrogen-bond donors (Lipinski definition) is 1. The van der Waals surface area contributed by atoms with E-state index in [-0.39, 0.29) is 5.56 Å². The third-order valence-corrected chi connectivity index (χ3v) is 4.15. The Balaban J connectivity index is 2.49. The standard InChI is InChI=1S/C13H7ClIN3O5/c14-12-8(5-7(17(20)21)6-11(12)18(22)23)13(19)16-10-4-2-1-3-9(10)15/h1-6H,(H,16,19). The number of nitro groups is 2. The van der Waals surface area contributed by atoms with Crippen LogP contribution in [0.4, 0.5) is 17.1 Å². The second kappa shape index (κ2) is 6.87. The zero-order valence-electron chi connectivity index (χ0n) is 11.2. The van der Waals surface area contributed by atoms with Gasteiger partial charge in [0.05, 0.1) is 27.2 Å². The first kappa shape index (κ1) is 17.1. The van der Waals surface area contributed by atoms with Gasteiger partial charge in [0.25, 0.3) is 17.3 Å². The van der Waals surface area contributed by atoms with Crippen LogP contribution in [0.15, 0.2) is 36.4 Å². The maximum absolute atomic E-state index is 12.3. The van der Waals surface area contributed by atoms with Gasteiger partial charge in [-0.15, -0.1) is 0 Å². The third-order valence-electron chi connectivity index (χ3n) is 2.81. The van der Waals surface area contributed by atoms with E-state index >= 15 is 0 Å². The smallest absolute Gasteiger partial charge is 0.295 e. The monoisotopic (exact) mass is 447 g/mol. The lowest BCUT2D eigenvalue weighted by atomic mass is 10.1. The molecule has 0 spiro atoms. The Hall–Kier alpha value is -2.27. The van der Waals surface area contributed by atoms with Crippen molar-refractivity contribution in [2.75, 3.05) is 5.32 Å². The summed E-state index contributed by atoms with van der Waals surface area (Å²) in [4.78, 5) is 32.4. The van der Waals surface area contributed by atoms with Crippen molar-refractivity contribution in [3.05, 3.63) is 70.8 Å². The van der Waals surface area contributed by atoms with E-state index in [0.29, 0.717) is 11.8 Å². The van der Waals surface area contributed by atoms with E-state index in [2.05, 4.69) is 5.32 Å². The number of para-hydroxylation sites is 1. The summed E-state index contributed by atoms with van der Waals surface area (Å²) in [5.74, 6) is -0.772. The summed E-state index contributed by atoms with van der Waals surface area (Å²) in [6.45, 7) is 0. The third kappa shape index (κ3) is 3.74. The molecule has 0 radical (unpaired) electrons. The highest BCUT2D eigenvalue weighted by molar-refractivity contribution is 14.1. The van der Waals surface area contributed by atoms with Gasteiger partial charge >= 0.3 is 0 Å². The van der Waals surface area contributed by atoms with Crippen LogP contribution >= 0.6 is 34.2 Å². The summed E-state index contributed by atoms with van der Waals surface area (Å²) in [5, 5.41) is 23.9. The molecule has 0 heterocycles. The maximum atomic E-state index is 12.3. The van der Waals surface area contributed by atoms with Crippen molar-refractivity contribution in [2.45, 2.75) is 0 Å². The Labute approximate surface area is 147 Å². The Morgan fingerprint density at radius 3 is 2.35 bits per heavy atom. The average Bonchev–Trinajstić information content (AvgIpc) is 2.49. The van der Waals surface area contributed by atoms with E-state index < -0.39 is 32.2 Å². The predicted molar refractivity (Wildman–Crippen MR) is 91.9 cm³/mol. The molecule has 0 aliphatic carbocycles. The number of amides is 1. The molecule has 23 heavy (non-hydrogen) atoms. The largest absolute Gasteiger partial charge is 0.321 e. The molecule has 0 aliphatic heterocycles. The minimum atomic E-state index is -0.877. The summed E-state index contributed by atoms with van der Waals surface area (Å²) in [6.07, 6.45) is 0. The molecule has 2 aromatic rings. The van der Waals surface area contributed by atoms with Gasteiger partial charge in [0, 0.05) is 9.64 Å². The quantitative estimate of drug-likeness (QED) is 0.432. The molecule has 2 rings (SSSR count). The lowest BCUT2D eigenvalue weighted by Gasteiger charge is -2.08. The topological polar surface area (TPSA) is 115 Å². The van der Waals surface area contributed by atoms with Crippen LogP contribution in [0.2, 0.25) is 5.02 Å². The molecule has 0 saturated carbocycles. The highest BCUT2D eigenvalue weighted by Crippen LogP contribution is 2.33. The van der Waals surface area contributed by atoms with Crippen LogP contribution in [0, 0.1) is 23.8 Å². The number of non-ortho nitro benzene ring substituents is 1. The number of carbonyl (C=O) groups excluding carboxylic acids is 1. The molecule has 0 bridgehead atoms. The van der Waals surface area contributed by atoms with Gasteiger partial charge < -0.3 is 5.32 Å². The molecule has 118 valence electrons. The number of carbonyl (C=O) groups is 1. The summed E-state index contributed by atoms with van der Waals surface area (Å²) < 4.78 is 0.731. The number of hydrogen-bond acceptors (Lipinski definition) is 5. The molecule has 0 unspecified atom stereocenters. The first-order chi connectivity index (χ1) is 10.8. The lowest BCUT2D eigenvalue weighted by Crippen LogP contribution is -2.14. The molecule has 2 aromatic carbocycles. The van der Waals surface area contributed by atoms with Crippen LogP contribution in [0.25, 0.3) is 0 Å². The fraction of sp³-hybridized carbons (Fsp3) is 0. The Morgan fingerprint density at radius 2 is 1.78 bits per heavy atom. The van der Waals surface area contributed by atoms with E-state index in [4.69, 9.17) is 11.6 Å². The molecule has 1 N–H and O–H groups in total. The summed E-state index contributed by atoms with van der Waals surface area (Å²) in [7, 11) is 0. The second-order valence-corrected chi connectivity index (χ2v) is 5.81. The van der Waals surface area contributed by atoms with Gasteiger partial charge in [0.15, 0.2) is 0 Å². The van der Waals surface area contributed by atoms with Gasteiger partial charge in [0.2, 0.25) is 0 Å². The minimum absolute atomic E-state index is 0.341. The lowest BCUT2D eigenvalue weighted by molar-refractivity contribution is -0.394. The van der Waals surface area contributed by atoms with Crippen LogP contribution in [-0.2, 0) is 0 Å². The van der Waals surface area contributed by atoms with Crippen LogP contribution in [0.1, 0.15) is 10.4 Å². The van der Waals surface area contributed by atoms with E-state index in [1.54, 1.807) is 24.3 Å². The van der Waals surface area contributed by atoms with Crippen molar-refractivity contribution in [1.29, 1.82) is 0 Å². The second-order valence-electron chi connectivity index (χ2n) is 4.27. The SMILES string of the molecule is O=C(Nc1ccccc1I)c1cc([N+](=O)[O-])cc([N+](=O)[O-])c1Cl. The van der Waals surface area contributed by atoms with Crippen LogP contribution in [-0.4, -0.2) is 15.8 Å². The van der Waals surface area contributed by atoms with Gasteiger partial charge in [0.1, 0.15) is 5.02 Å². The Morgan fingerprint density at radius 1 is 1.13 bits per heavy atom. The maximum Gasteiger partial charge on any atom is 0.295 e. The molecule has 8 nitrogen and oxygen atoms in total. The van der Waals surface area contributed by atoms with Crippen molar-refractivity contribution in [2.24, 2.45) is 0 Å². The molecule has 0 atom stereocenters. The Bertz CT molecular complexity index is 827. The molecule has 10 heteroatoms. The first-order valence-corrected chi connectivity index (χ1v) is 7.45. The van der Waals surface area contributed by atoms with Gasteiger partial charge in [-0.25, -0.2) is 0 Å². The fourth-order valence-corrected chi connectivity index (χ4v) is 2.54. The molecule has 0 saturated heterocycles. The average molecular weight is 448 g/mol. The highest BCUT2D eigenvalue weighted by Gasteiger charge is 2.26. The van der Waals surface area contributed by atoms with E-state index in [9.17, 15) is 25.0 Å². The molecule has 1 amide bonds. The first-order valence-electron chi connectivity index (χ1n) is 5.99. The predicted octanol–water partition coefficient (Wildman–Crippen LogP) is 4.01. The van der Waals surface area contributed by atoms with Crippen molar-refractivity contribution < 1.29 is 14.6 Å². The van der Waals surface area contributed by atoms with Crippen LogP contribution in [0.5, 0.6) is 0 Å². The van der Waals surface area contributed by atoms with Crippen LogP contribution in [0.3, 0.4) is 0 Å². The summed E-state index contributed by atoms with van der Waals surface area (Å²) >= 11 is 7.85. The van der Waals surface area contributed by atoms with Crippen molar-refractivity contribution in [3.8, 4) is 0 Å². The fourth-order valence-electron chi connectivity index (χ4n) is 1.75. The van der Waals surface area contributed by atoms with Crippen molar-refractivity contribution in [3.63, 3.8) is 0 Å². The number of benzene rings is 2.